The van der Waals surface area contributed by atoms with Crippen LogP contribution < -0.4 is 0 Å². The Balaban J connectivity index is 2.45. The Morgan fingerprint density at radius 1 is 1.47 bits per heavy atom. The number of nitrogens with zero attached hydrogens (tertiary/aromatic N) is 1. The van der Waals surface area contributed by atoms with Crippen LogP contribution in [-0.2, 0) is 0 Å². The van der Waals surface area contributed by atoms with E-state index < -0.39 is 0 Å². The van der Waals surface area contributed by atoms with Gasteiger partial charge in [-0.2, -0.15) is 0 Å². The minimum Gasteiger partial charge on any atom is -0.396 e. The lowest BCUT2D eigenvalue weighted by atomic mass is 9.86. The van der Waals surface area contributed by atoms with Crippen LogP contribution in [-0.4, -0.2) is 47.5 Å². The first-order valence-electron chi connectivity index (χ1n) is 6.02. The molecule has 3 unspecified atom stereocenters. The van der Waals surface area contributed by atoms with E-state index in [9.17, 15) is 10.2 Å². The van der Waals surface area contributed by atoms with Crippen LogP contribution in [0.5, 0.6) is 0 Å². The fourth-order valence-electron chi connectivity index (χ4n) is 2.07. The van der Waals surface area contributed by atoms with E-state index in [2.05, 4.69) is 25.7 Å². The Labute approximate surface area is 93.1 Å². The van der Waals surface area contributed by atoms with Crippen LogP contribution >= 0.6 is 0 Å². The van der Waals surface area contributed by atoms with Crippen LogP contribution in [0, 0.1) is 11.3 Å². The van der Waals surface area contributed by atoms with Crippen molar-refractivity contribution in [3.05, 3.63) is 0 Å². The maximum absolute atomic E-state index is 9.79. The Bertz CT molecular complexity index is 192. The first-order valence-corrected chi connectivity index (χ1v) is 6.02. The zero-order valence-electron chi connectivity index (χ0n) is 10.2. The highest BCUT2D eigenvalue weighted by Gasteiger charge is 2.29. The molecule has 90 valence electrons. The molecule has 1 heterocycles. The molecule has 0 radical (unpaired) electrons. The maximum atomic E-state index is 9.79. The second kappa shape index (κ2) is 5.28. The molecule has 1 aliphatic rings. The summed E-state index contributed by atoms with van der Waals surface area (Å²) in [6.07, 6.45) is 1.84. The molecule has 1 saturated heterocycles. The first kappa shape index (κ1) is 12.9. The van der Waals surface area contributed by atoms with Crippen LogP contribution in [0.4, 0.5) is 0 Å². The summed E-state index contributed by atoms with van der Waals surface area (Å²) in [7, 11) is 0. The quantitative estimate of drug-likeness (QED) is 0.738. The van der Waals surface area contributed by atoms with Crippen LogP contribution in [0.3, 0.4) is 0 Å². The fraction of sp³-hybridized carbons (Fsp3) is 1.00. The van der Waals surface area contributed by atoms with E-state index in [1.807, 2.05) is 0 Å². The zero-order valence-corrected chi connectivity index (χ0v) is 10.2. The molecule has 15 heavy (non-hydrogen) atoms. The Hall–Kier alpha value is -0.120. The highest BCUT2D eigenvalue weighted by atomic mass is 16.3. The number of aliphatic hydroxyl groups is 2. The molecule has 1 aliphatic heterocycles. The molecule has 0 amide bonds. The topological polar surface area (TPSA) is 43.7 Å². The van der Waals surface area contributed by atoms with Crippen molar-refractivity contribution < 1.29 is 10.2 Å². The molecule has 3 atom stereocenters. The van der Waals surface area contributed by atoms with Gasteiger partial charge in [-0.05, 0) is 25.3 Å². The minimum atomic E-state index is -0.196. The lowest BCUT2D eigenvalue weighted by molar-refractivity contribution is 0.000396. The van der Waals surface area contributed by atoms with Crippen LogP contribution in [0.1, 0.15) is 33.6 Å². The number of aliphatic hydroxyl groups excluding tert-OH is 2. The number of likely N-dealkylation sites (tertiary alicyclic amines) is 1. The van der Waals surface area contributed by atoms with Gasteiger partial charge in [-0.3, -0.25) is 0 Å². The number of β-amino-alcohol motifs (C(OH)–C–C–N with tert-alkyl or cyclic N) is 1. The van der Waals surface area contributed by atoms with Crippen molar-refractivity contribution >= 4 is 0 Å². The normalized spacial score (nSPS) is 32.6. The molecule has 3 heteroatoms. The van der Waals surface area contributed by atoms with Gasteiger partial charge < -0.3 is 15.1 Å². The summed E-state index contributed by atoms with van der Waals surface area (Å²) in [5, 5.41) is 19.1. The average molecular weight is 215 g/mol. The van der Waals surface area contributed by atoms with E-state index in [-0.39, 0.29) is 18.1 Å². The fourth-order valence-corrected chi connectivity index (χ4v) is 2.07. The summed E-state index contributed by atoms with van der Waals surface area (Å²) in [5.74, 6) is 0.420. The second-order valence-electron chi connectivity index (χ2n) is 5.39. The van der Waals surface area contributed by atoms with Gasteiger partial charge in [0.1, 0.15) is 0 Å². The van der Waals surface area contributed by atoms with E-state index in [0.29, 0.717) is 5.92 Å². The van der Waals surface area contributed by atoms with Gasteiger partial charge in [0, 0.05) is 25.1 Å². The van der Waals surface area contributed by atoms with Crippen LogP contribution in [0.2, 0.25) is 0 Å². The monoisotopic (exact) mass is 215 g/mol. The van der Waals surface area contributed by atoms with E-state index in [1.54, 1.807) is 0 Å². The summed E-state index contributed by atoms with van der Waals surface area (Å²) >= 11 is 0. The van der Waals surface area contributed by atoms with Gasteiger partial charge >= 0.3 is 0 Å². The third kappa shape index (κ3) is 3.44. The highest BCUT2D eigenvalue weighted by molar-refractivity contribution is 4.82. The van der Waals surface area contributed by atoms with Crippen molar-refractivity contribution in [1.82, 2.24) is 4.90 Å². The third-order valence-corrected chi connectivity index (χ3v) is 3.84. The largest absolute Gasteiger partial charge is 0.396 e. The van der Waals surface area contributed by atoms with Gasteiger partial charge in [0.25, 0.3) is 0 Å². The minimum absolute atomic E-state index is 0.0136. The smallest absolute Gasteiger partial charge is 0.0693 e. The van der Waals surface area contributed by atoms with Crippen molar-refractivity contribution in [1.29, 1.82) is 0 Å². The molecule has 0 aromatic rings. The van der Waals surface area contributed by atoms with Crippen molar-refractivity contribution in [2.24, 2.45) is 11.3 Å². The molecular weight excluding hydrogens is 190 g/mol. The summed E-state index contributed by atoms with van der Waals surface area (Å²) in [6.45, 7) is 9.25. The summed E-state index contributed by atoms with van der Waals surface area (Å²) < 4.78 is 0. The van der Waals surface area contributed by atoms with Crippen LogP contribution in [0.25, 0.3) is 0 Å². The van der Waals surface area contributed by atoms with Gasteiger partial charge in [0.15, 0.2) is 0 Å². The Morgan fingerprint density at radius 3 is 2.60 bits per heavy atom. The van der Waals surface area contributed by atoms with Crippen molar-refractivity contribution in [3.8, 4) is 0 Å². The maximum Gasteiger partial charge on any atom is 0.0693 e. The van der Waals surface area contributed by atoms with E-state index in [1.165, 1.54) is 0 Å². The molecule has 0 aromatic carbocycles. The standard InChI is InChI=1S/C12H25NO2/c1-4-12(3,9-14)8-13-6-5-10(2)11(15)7-13/h10-11,14-15H,4-9H2,1-3H3. The number of rotatable bonds is 4. The van der Waals surface area contributed by atoms with Gasteiger partial charge in [0.2, 0.25) is 0 Å². The van der Waals surface area contributed by atoms with Gasteiger partial charge in [-0.15, -0.1) is 0 Å². The molecule has 0 saturated carbocycles. The summed E-state index contributed by atoms with van der Waals surface area (Å²) in [4.78, 5) is 2.28. The van der Waals surface area contributed by atoms with Crippen molar-refractivity contribution in [3.63, 3.8) is 0 Å². The number of hydrogen-bond donors (Lipinski definition) is 2. The molecule has 3 nitrogen and oxygen atoms in total. The first-order chi connectivity index (χ1) is 7.00. The van der Waals surface area contributed by atoms with Gasteiger partial charge in [-0.25, -0.2) is 0 Å². The van der Waals surface area contributed by atoms with Crippen molar-refractivity contribution in [2.75, 3.05) is 26.2 Å². The SMILES string of the molecule is CCC(C)(CO)CN1CCC(C)C(O)C1. The predicted molar refractivity (Wildman–Crippen MR) is 61.7 cm³/mol. The third-order valence-electron chi connectivity index (χ3n) is 3.84. The van der Waals surface area contributed by atoms with E-state index in [0.717, 1.165) is 32.5 Å². The second-order valence-corrected chi connectivity index (χ2v) is 5.39. The molecule has 2 N–H and O–H groups in total. The average Bonchev–Trinajstić information content (AvgIpc) is 2.23. The van der Waals surface area contributed by atoms with Crippen molar-refractivity contribution in [2.45, 2.75) is 39.7 Å². The predicted octanol–water partition coefficient (Wildman–Crippen LogP) is 1.10. The number of hydrogen-bond acceptors (Lipinski definition) is 3. The molecule has 0 spiro atoms. The van der Waals surface area contributed by atoms with E-state index in [4.69, 9.17) is 0 Å². The Morgan fingerprint density at radius 2 is 2.13 bits per heavy atom. The Kier molecular flexibility index (Phi) is 4.56. The molecule has 0 aromatic heterocycles. The van der Waals surface area contributed by atoms with Crippen LogP contribution in [0.15, 0.2) is 0 Å². The molecule has 1 fully saturated rings. The molecular formula is C12H25NO2. The summed E-state index contributed by atoms with van der Waals surface area (Å²) in [5.41, 5.74) is -0.0136. The lowest BCUT2D eigenvalue weighted by Gasteiger charge is -2.39. The molecule has 0 aliphatic carbocycles. The lowest BCUT2D eigenvalue weighted by Crippen LogP contribution is -2.47. The van der Waals surface area contributed by atoms with E-state index >= 15 is 0 Å². The number of piperidine rings is 1. The van der Waals surface area contributed by atoms with Gasteiger partial charge in [-0.1, -0.05) is 20.8 Å². The molecule has 0 bridgehead atoms. The highest BCUT2D eigenvalue weighted by Crippen LogP contribution is 2.25. The molecule has 1 rings (SSSR count). The zero-order chi connectivity index (χ0) is 11.5. The van der Waals surface area contributed by atoms with Gasteiger partial charge in [0.05, 0.1) is 6.10 Å². The summed E-state index contributed by atoms with van der Waals surface area (Å²) in [6, 6.07) is 0.